The van der Waals surface area contributed by atoms with Gasteiger partial charge in [0.15, 0.2) is 0 Å². The smallest absolute Gasteiger partial charge is 0.0991 e. The molecule has 1 saturated heterocycles. The summed E-state index contributed by atoms with van der Waals surface area (Å²) in [4.78, 5) is 4.84. The largest absolute Gasteiger partial charge is 0.329 e. The van der Waals surface area contributed by atoms with Gasteiger partial charge >= 0.3 is 0 Å². The average molecular weight is 244 g/mol. The fourth-order valence-corrected chi connectivity index (χ4v) is 2.35. The molecule has 2 rings (SSSR count). The third-order valence-corrected chi connectivity index (χ3v) is 3.37. The van der Waals surface area contributed by atoms with Gasteiger partial charge in [-0.2, -0.15) is 5.26 Å². The third-order valence-electron chi connectivity index (χ3n) is 3.37. The normalized spacial score (nSPS) is 17.6. The Morgan fingerprint density at radius 3 is 2.56 bits per heavy atom. The van der Waals surface area contributed by atoms with Crippen LogP contribution >= 0.6 is 0 Å². The van der Waals surface area contributed by atoms with Gasteiger partial charge in [0.2, 0.25) is 0 Å². The monoisotopic (exact) mass is 244 g/mol. The lowest BCUT2D eigenvalue weighted by Crippen LogP contribution is -2.47. The highest BCUT2D eigenvalue weighted by Crippen LogP contribution is 2.10. The minimum atomic E-state index is 0.740. The number of piperazine rings is 1. The zero-order valence-corrected chi connectivity index (χ0v) is 10.7. The first-order chi connectivity index (χ1) is 8.81. The van der Waals surface area contributed by atoms with E-state index in [2.05, 4.69) is 21.9 Å². The number of nitrogens with two attached hydrogens (primary N) is 1. The van der Waals surface area contributed by atoms with Crippen LogP contribution in [0.2, 0.25) is 0 Å². The van der Waals surface area contributed by atoms with Crippen LogP contribution < -0.4 is 5.73 Å². The topological polar surface area (TPSA) is 56.3 Å². The molecule has 1 heterocycles. The molecule has 0 bridgehead atoms. The lowest BCUT2D eigenvalue weighted by molar-refractivity contribution is 0.130. The van der Waals surface area contributed by atoms with E-state index < -0.39 is 0 Å². The van der Waals surface area contributed by atoms with Crippen molar-refractivity contribution in [3.8, 4) is 6.07 Å². The Kier molecular flexibility index (Phi) is 4.71. The summed E-state index contributed by atoms with van der Waals surface area (Å²) in [6.07, 6.45) is 0. The minimum Gasteiger partial charge on any atom is -0.329 e. The van der Waals surface area contributed by atoms with Crippen molar-refractivity contribution in [2.24, 2.45) is 5.73 Å². The number of nitrogens with zero attached hydrogens (tertiary/aromatic N) is 3. The Morgan fingerprint density at radius 1 is 1.17 bits per heavy atom. The van der Waals surface area contributed by atoms with Crippen molar-refractivity contribution in [2.75, 3.05) is 39.3 Å². The number of benzene rings is 1. The summed E-state index contributed by atoms with van der Waals surface area (Å²) in [6, 6.07) is 10.1. The van der Waals surface area contributed by atoms with E-state index in [0.29, 0.717) is 0 Å². The van der Waals surface area contributed by atoms with Crippen LogP contribution in [0.1, 0.15) is 11.1 Å². The number of hydrogen-bond donors (Lipinski definition) is 1. The number of nitriles is 1. The van der Waals surface area contributed by atoms with Crippen molar-refractivity contribution >= 4 is 0 Å². The first-order valence-corrected chi connectivity index (χ1v) is 6.45. The van der Waals surface area contributed by atoms with E-state index in [1.807, 2.05) is 18.2 Å². The van der Waals surface area contributed by atoms with Crippen molar-refractivity contribution in [3.63, 3.8) is 0 Å². The van der Waals surface area contributed by atoms with Gasteiger partial charge in [-0.3, -0.25) is 9.80 Å². The summed E-state index contributed by atoms with van der Waals surface area (Å²) in [5.74, 6) is 0. The van der Waals surface area contributed by atoms with Crippen LogP contribution in [0.25, 0.3) is 0 Å². The van der Waals surface area contributed by atoms with Crippen LogP contribution in [-0.4, -0.2) is 49.1 Å². The fraction of sp³-hybridized carbons (Fsp3) is 0.500. The maximum absolute atomic E-state index is 8.88. The maximum atomic E-state index is 8.88. The molecule has 18 heavy (non-hydrogen) atoms. The van der Waals surface area contributed by atoms with Gasteiger partial charge in [0.25, 0.3) is 0 Å². The molecule has 0 atom stereocenters. The van der Waals surface area contributed by atoms with Crippen molar-refractivity contribution in [1.29, 1.82) is 5.26 Å². The van der Waals surface area contributed by atoms with Gasteiger partial charge in [-0.05, 0) is 17.7 Å². The quantitative estimate of drug-likeness (QED) is 0.844. The molecular weight excluding hydrogens is 224 g/mol. The minimum absolute atomic E-state index is 0.740. The molecule has 4 heteroatoms. The molecule has 1 fully saturated rings. The molecule has 4 nitrogen and oxygen atoms in total. The SMILES string of the molecule is N#Cc1cccc(CN2CCN(CCN)CC2)c1. The second kappa shape index (κ2) is 6.50. The Bertz CT molecular complexity index is 416. The molecule has 1 aliphatic heterocycles. The Labute approximate surface area is 109 Å². The molecule has 1 aromatic carbocycles. The predicted octanol–water partition coefficient (Wildman–Crippen LogP) is 0.635. The zero-order chi connectivity index (χ0) is 12.8. The molecule has 0 radical (unpaired) electrons. The third kappa shape index (κ3) is 3.54. The van der Waals surface area contributed by atoms with E-state index in [9.17, 15) is 0 Å². The lowest BCUT2D eigenvalue weighted by Gasteiger charge is -2.34. The zero-order valence-electron chi connectivity index (χ0n) is 10.7. The van der Waals surface area contributed by atoms with E-state index in [1.165, 1.54) is 5.56 Å². The summed E-state index contributed by atoms with van der Waals surface area (Å²) >= 11 is 0. The van der Waals surface area contributed by atoms with Gasteiger partial charge in [-0.1, -0.05) is 12.1 Å². The van der Waals surface area contributed by atoms with Crippen LogP contribution in [-0.2, 0) is 6.54 Å². The van der Waals surface area contributed by atoms with E-state index in [1.54, 1.807) is 0 Å². The van der Waals surface area contributed by atoms with Gasteiger partial charge in [-0.25, -0.2) is 0 Å². The maximum Gasteiger partial charge on any atom is 0.0991 e. The highest BCUT2D eigenvalue weighted by molar-refractivity contribution is 5.32. The van der Waals surface area contributed by atoms with Gasteiger partial charge in [-0.15, -0.1) is 0 Å². The summed E-state index contributed by atoms with van der Waals surface area (Å²) < 4.78 is 0. The van der Waals surface area contributed by atoms with E-state index in [-0.39, 0.29) is 0 Å². The van der Waals surface area contributed by atoms with Crippen LogP contribution in [0.5, 0.6) is 0 Å². The summed E-state index contributed by atoms with van der Waals surface area (Å²) in [5.41, 5.74) is 7.53. The number of hydrogen-bond acceptors (Lipinski definition) is 4. The second-order valence-corrected chi connectivity index (χ2v) is 4.72. The molecule has 1 aliphatic rings. The van der Waals surface area contributed by atoms with Crippen molar-refractivity contribution in [1.82, 2.24) is 9.80 Å². The first-order valence-electron chi connectivity index (χ1n) is 6.45. The van der Waals surface area contributed by atoms with Gasteiger partial charge in [0.05, 0.1) is 11.6 Å². The van der Waals surface area contributed by atoms with E-state index >= 15 is 0 Å². The molecule has 96 valence electrons. The molecule has 1 aromatic rings. The molecule has 0 saturated carbocycles. The van der Waals surface area contributed by atoms with Crippen molar-refractivity contribution < 1.29 is 0 Å². The Balaban J connectivity index is 1.86. The molecule has 0 aromatic heterocycles. The number of rotatable bonds is 4. The van der Waals surface area contributed by atoms with Crippen molar-refractivity contribution in [2.45, 2.75) is 6.54 Å². The molecule has 0 aliphatic carbocycles. The summed E-state index contributed by atoms with van der Waals surface area (Å²) in [6.45, 7) is 7.02. The van der Waals surface area contributed by atoms with E-state index in [0.717, 1.165) is 51.4 Å². The molecule has 2 N–H and O–H groups in total. The van der Waals surface area contributed by atoms with Gasteiger partial charge in [0, 0.05) is 45.8 Å². The van der Waals surface area contributed by atoms with Crippen LogP contribution in [0.15, 0.2) is 24.3 Å². The van der Waals surface area contributed by atoms with Crippen molar-refractivity contribution in [3.05, 3.63) is 35.4 Å². The van der Waals surface area contributed by atoms with E-state index in [4.69, 9.17) is 11.0 Å². The summed E-state index contributed by atoms with van der Waals surface area (Å²) in [7, 11) is 0. The van der Waals surface area contributed by atoms with Gasteiger partial charge in [0.1, 0.15) is 0 Å². The lowest BCUT2D eigenvalue weighted by atomic mass is 10.1. The Morgan fingerprint density at radius 2 is 1.89 bits per heavy atom. The highest BCUT2D eigenvalue weighted by atomic mass is 15.3. The molecular formula is C14H20N4. The fourth-order valence-electron chi connectivity index (χ4n) is 2.35. The molecule has 0 amide bonds. The predicted molar refractivity (Wildman–Crippen MR) is 71.9 cm³/mol. The van der Waals surface area contributed by atoms with Gasteiger partial charge < -0.3 is 5.73 Å². The van der Waals surface area contributed by atoms with Crippen LogP contribution in [0.3, 0.4) is 0 Å². The second-order valence-electron chi connectivity index (χ2n) is 4.72. The standard InChI is InChI=1S/C14H20N4/c15-4-5-17-6-8-18(9-7-17)12-14-3-1-2-13(10-14)11-16/h1-3,10H,4-9,12,15H2. The first kappa shape index (κ1) is 13.0. The van der Waals surface area contributed by atoms with Crippen LogP contribution in [0.4, 0.5) is 0 Å². The Hall–Kier alpha value is -1.41. The van der Waals surface area contributed by atoms with Crippen LogP contribution in [0, 0.1) is 11.3 Å². The molecule has 0 spiro atoms. The summed E-state index contributed by atoms with van der Waals surface area (Å²) in [5, 5.41) is 8.88. The average Bonchev–Trinajstić information content (AvgIpc) is 2.42. The molecule has 0 unspecified atom stereocenters. The highest BCUT2D eigenvalue weighted by Gasteiger charge is 2.16.